The van der Waals surface area contributed by atoms with E-state index in [1.165, 1.54) is 12.1 Å². The third-order valence-electron chi connectivity index (χ3n) is 1.79. The van der Waals surface area contributed by atoms with E-state index in [9.17, 15) is 14.9 Å². The lowest BCUT2D eigenvalue weighted by atomic mass is 10.2. The van der Waals surface area contributed by atoms with Crippen molar-refractivity contribution in [3.05, 3.63) is 32.8 Å². The third kappa shape index (κ3) is 3.11. The lowest BCUT2D eigenvalue weighted by Gasteiger charge is -2.04. The van der Waals surface area contributed by atoms with Crippen LogP contribution >= 0.6 is 23.4 Å². The van der Waals surface area contributed by atoms with Gasteiger partial charge in [-0.3, -0.25) is 14.9 Å². The van der Waals surface area contributed by atoms with Crippen LogP contribution in [0.4, 0.5) is 5.69 Å². The number of hydrogen-bond donors (Lipinski definition) is 1. The molecule has 1 aromatic rings. The first kappa shape index (κ1) is 12.8. The molecule has 7 heteroatoms. The Morgan fingerprint density at radius 1 is 1.62 bits per heavy atom. The first-order chi connectivity index (χ1) is 7.41. The molecule has 0 aliphatic heterocycles. The molecular weight excluding hydrogens is 254 g/mol. The van der Waals surface area contributed by atoms with Gasteiger partial charge in [0.05, 0.1) is 10.7 Å². The topological polar surface area (TPSA) is 80.4 Å². The maximum atomic E-state index is 10.6. The first-order valence-corrected chi connectivity index (χ1v) is 5.57. The van der Waals surface area contributed by atoms with Gasteiger partial charge in [0, 0.05) is 11.0 Å². The van der Waals surface area contributed by atoms with Gasteiger partial charge in [-0.25, -0.2) is 0 Å². The summed E-state index contributed by atoms with van der Waals surface area (Å²) in [5.41, 5.74) is 0.473. The van der Waals surface area contributed by atoms with Crippen molar-refractivity contribution in [1.29, 1.82) is 0 Å². The van der Waals surface area contributed by atoms with Crippen LogP contribution in [0.25, 0.3) is 0 Å². The predicted octanol–water partition coefficient (Wildman–Crippen LogP) is 2.73. The number of hydrogen-bond acceptors (Lipinski definition) is 4. The lowest BCUT2D eigenvalue weighted by Crippen LogP contribution is -1.98. The first-order valence-electron chi connectivity index (χ1n) is 4.21. The highest BCUT2D eigenvalue weighted by atomic mass is 35.5. The van der Waals surface area contributed by atoms with E-state index in [0.717, 1.165) is 11.8 Å². The molecule has 1 rings (SSSR count). The fourth-order valence-corrected chi connectivity index (χ4v) is 2.15. The Morgan fingerprint density at radius 2 is 2.25 bits per heavy atom. The van der Waals surface area contributed by atoms with Gasteiger partial charge in [-0.1, -0.05) is 11.6 Å². The molecule has 0 spiro atoms. The number of carboxylic acids is 1. The van der Waals surface area contributed by atoms with Crippen LogP contribution in [0.3, 0.4) is 0 Å². The molecule has 16 heavy (non-hydrogen) atoms. The Hall–Kier alpha value is -1.27. The Balaban J connectivity index is 3.01. The highest BCUT2D eigenvalue weighted by molar-refractivity contribution is 8.00. The maximum absolute atomic E-state index is 10.6. The Kier molecular flexibility index (Phi) is 4.14. The van der Waals surface area contributed by atoms with Gasteiger partial charge in [0.2, 0.25) is 0 Å². The van der Waals surface area contributed by atoms with Crippen molar-refractivity contribution in [2.24, 2.45) is 0 Å². The van der Waals surface area contributed by atoms with Crippen LogP contribution in [0.2, 0.25) is 5.02 Å². The number of benzene rings is 1. The molecular formula is C9H8ClNO4S. The molecule has 0 aromatic heterocycles. The van der Waals surface area contributed by atoms with Gasteiger partial charge in [0.15, 0.2) is 0 Å². The minimum atomic E-state index is -0.945. The van der Waals surface area contributed by atoms with Crippen molar-refractivity contribution >= 4 is 35.0 Å². The standard InChI is InChI=1S/C9H8ClNO4S/c1-5-2-7(11(14)15)6(10)3-8(5)16-4-9(12)13/h2-3H,4H2,1H3,(H,12,13). The number of aryl methyl sites for hydroxylation is 1. The van der Waals surface area contributed by atoms with E-state index in [2.05, 4.69) is 0 Å². The molecule has 86 valence electrons. The summed E-state index contributed by atoms with van der Waals surface area (Å²) < 4.78 is 0. The highest BCUT2D eigenvalue weighted by Gasteiger charge is 2.15. The van der Waals surface area contributed by atoms with Gasteiger partial charge < -0.3 is 5.11 Å². The summed E-state index contributed by atoms with van der Waals surface area (Å²) in [6.45, 7) is 1.67. The van der Waals surface area contributed by atoms with Crippen LogP contribution in [-0.4, -0.2) is 21.8 Å². The Morgan fingerprint density at radius 3 is 2.75 bits per heavy atom. The number of nitrogens with zero attached hydrogens (tertiary/aromatic N) is 1. The number of thioether (sulfide) groups is 1. The summed E-state index contributed by atoms with van der Waals surface area (Å²) in [5, 5.41) is 19.1. The van der Waals surface area contributed by atoms with Gasteiger partial charge in [0.1, 0.15) is 5.02 Å². The minimum absolute atomic E-state index is 0.0171. The minimum Gasteiger partial charge on any atom is -0.481 e. The van der Waals surface area contributed by atoms with Crippen LogP contribution in [0.1, 0.15) is 5.56 Å². The largest absolute Gasteiger partial charge is 0.481 e. The average Bonchev–Trinajstić information content (AvgIpc) is 2.18. The molecule has 0 bridgehead atoms. The van der Waals surface area contributed by atoms with Gasteiger partial charge in [0.25, 0.3) is 5.69 Å². The second kappa shape index (κ2) is 5.18. The number of carboxylic acid groups (broad SMARTS) is 1. The number of aliphatic carboxylic acids is 1. The highest BCUT2D eigenvalue weighted by Crippen LogP contribution is 2.32. The van der Waals surface area contributed by atoms with Crippen LogP contribution in [0.15, 0.2) is 17.0 Å². The summed E-state index contributed by atoms with van der Waals surface area (Å²) in [4.78, 5) is 21.0. The Labute approximate surface area is 101 Å². The molecule has 5 nitrogen and oxygen atoms in total. The van der Waals surface area contributed by atoms with Crippen molar-refractivity contribution in [3.63, 3.8) is 0 Å². The number of halogens is 1. The summed E-state index contributed by atoms with van der Waals surface area (Å²) in [7, 11) is 0. The number of nitro benzene ring substituents is 1. The van der Waals surface area contributed by atoms with E-state index in [4.69, 9.17) is 16.7 Å². The van der Waals surface area contributed by atoms with Crippen LogP contribution in [0, 0.1) is 17.0 Å². The predicted molar refractivity (Wildman–Crippen MR) is 61.2 cm³/mol. The zero-order chi connectivity index (χ0) is 12.3. The van der Waals surface area contributed by atoms with Crippen molar-refractivity contribution < 1.29 is 14.8 Å². The van der Waals surface area contributed by atoms with Crippen molar-refractivity contribution in [2.45, 2.75) is 11.8 Å². The summed E-state index contributed by atoms with van der Waals surface area (Å²) in [6, 6.07) is 2.76. The molecule has 0 amide bonds. The zero-order valence-corrected chi connectivity index (χ0v) is 9.84. The molecule has 0 aliphatic rings. The molecule has 0 saturated carbocycles. The van der Waals surface area contributed by atoms with Crippen LogP contribution < -0.4 is 0 Å². The monoisotopic (exact) mass is 261 g/mol. The molecule has 1 N–H and O–H groups in total. The van der Waals surface area contributed by atoms with Crippen molar-refractivity contribution in [2.75, 3.05) is 5.75 Å². The van der Waals surface area contributed by atoms with Crippen molar-refractivity contribution in [3.8, 4) is 0 Å². The molecule has 0 radical (unpaired) electrons. The quantitative estimate of drug-likeness (QED) is 0.512. The van der Waals surface area contributed by atoms with E-state index in [-0.39, 0.29) is 16.5 Å². The van der Waals surface area contributed by atoms with Gasteiger partial charge >= 0.3 is 5.97 Å². The molecule has 0 saturated heterocycles. The maximum Gasteiger partial charge on any atom is 0.313 e. The number of nitro groups is 1. The van der Waals surface area contributed by atoms with E-state index >= 15 is 0 Å². The summed E-state index contributed by atoms with van der Waals surface area (Å²) >= 11 is 6.79. The smallest absolute Gasteiger partial charge is 0.313 e. The third-order valence-corrected chi connectivity index (χ3v) is 3.24. The SMILES string of the molecule is Cc1cc([N+](=O)[O-])c(Cl)cc1SCC(=O)O. The van der Waals surface area contributed by atoms with Crippen LogP contribution in [0.5, 0.6) is 0 Å². The van der Waals surface area contributed by atoms with Gasteiger partial charge in [-0.05, 0) is 18.6 Å². The van der Waals surface area contributed by atoms with E-state index in [1.54, 1.807) is 6.92 Å². The zero-order valence-electron chi connectivity index (χ0n) is 8.27. The van der Waals surface area contributed by atoms with Gasteiger partial charge in [-0.15, -0.1) is 11.8 Å². The molecule has 0 unspecified atom stereocenters. The van der Waals surface area contributed by atoms with Crippen LogP contribution in [-0.2, 0) is 4.79 Å². The fourth-order valence-electron chi connectivity index (χ4n) is 1.08. The number of carbonyl (C=O) groups is 1. The molecule has 1 aromatic carbocycles. The molecule has 0 aliphatic carbocycles. The van der Waals surface area contributed by atoms with E-state index < -0.39 is 10.9 Å². The van der Waals surface area contributed by atoms with Crippen molar-refractivity contribution in [1.82, 2.24) is 0 Å². The summed E-state index contributed by atoms with van der Waals surface area (Å²) in [6.07, 6.45) is 0. The van der Waals surface area contributed by atoms with E-state index in [1.807, 2.05) is 0 Å². The second-order valence-electron chi connectivity index (χ2n) is 3.01. The molecule has 0 heterocycles. The fraction of sp³-hybridized carbons (Fsp3) is 0.222. The lowest BCUT2D eigenvalue weighted by molar-refractivity contribution is -0.384. The second-order valence-corrected chi connectivity index (χ2v) is 4.43. The Bertz CT molecular complexity index is 449. The van der Waals surface area contributed by atoms with Gasteiger partial charge in [-0.2, -0.15) is 0 Å². The average molecular weight is 262 g/mol. The van der Waals surface area contributed by atoms with E-state index in [0.29, 0.717) is 10.5 Å². The summed E-state index contributed by atoms with van der Waals surface area (Å²) in [5.74, 6) is -1.05. The molecule has 0 atom stereocenters. The molecule has 0 fully saturated rings. The number of rotatable bonds is 4. The normalized spacial score (nSPS) is 10.1.